The lowest BCUT2D eigenvalue weighted by atomic mass is 10.3. The molecule has 0 spiro atoms. The van der Waals surface area contributed by atoms with Crippen LogP contribution in [0.5, 0.6) is 0 Å². The smallest absolute Gasteiger partial charge is 0.0518 e. The number of nitrogens with zero attached hydrogens (tertiary/aromatic N) is 1. The van der Waals surface area contributed by atoms with Crippen molar-refractivity contribution >= 4 is 0 Å². The van der Waals surface area contributed by atoms with Crippen LogP contribution in [0.25, 0.3) is 0 Å². The molecule has 0 heterocycles. The van der Waals surface area contributed by atoms with Gasteiger partial charge in [-0.2, -0.15) is 0 Å². The van der Waals surface area contributed by atoms with Gasteiger partial charge in [0.2, 0.25) is 0 Å². The molecule has 12 heavy (non-hydrogen) atoms. The summed E-state index contributed by atoms with van der Waals surface area (Å²) < 4.78 is 5.44. The topological polar surface area (TPSA) is 12.5 Å². The van der Waals surface area contributed by atoms with E-state index in [2.05, 4.69) is 32.7 Å². The quantitative estimate of drug-likeness (QED) is 0.547. The van der Waals surface area contributed by atoms with Crippen LogP contribution in [-0.2, 0) is 4.74 Å². The molecule has 74 valence electrons. The van der Waals surface area contributed by atoms with Gasteiger partial charge >= 0.3 is 0 Å². The first kappa shape index (κ1) is 11.9. The minimum Gasteiger partial charge on any atom is -0.379 e. The number of ether oxygens (including phenoxy) is 1. The molecule has 0 radical (unpaired) electrons. The van der Waals surface area contributed by atoms with E-state index in [0.29, 0.717) is 6.10 Å². The summed E-state index contributed by atoms with van der Waals surface area (Å²) in [6.45, 7) is 9.60. The first-order chi connectivity index (χ1) is 5.66. The van der Waals surface area contributed by atoms with Crippen molar-refractivity contribution in [2.24, 2.45) is 0 Å². The van der Waals surface area contributed by atoms with Crippen LogP contribution in [0.15, 0.2) is 0 Å². The maximum absolute atomic E-state index is 5.44. The molecule has 0 aromatic carbocycles. The van der Waals surface area contributed by atoms with Gasteiger partial charge in [0, 0.05) is 6.61 Å². The number of unbranched alkanes of at least 4 members (excludes halogenated alkanes) is 1. The average molecular weight is 173 g/mol. The molecule has 0 saturated carbocycles. The second kappa shape index (κ2) is 7.56. The third-order valence-corrected chi connectivity index (χ3v) is 1.93. The summed E-state index contributed by atoms with van der Waals surface area (Å²) >= 11 is 0. The van der Waals surface area contributed by atoms with Gasteiger partial charge in [-0.1, -0.05) is 6.92 Å². The van der Waals surface area contributed by atoms with Gasteiger partial charge < -0.3 is 9.64 Å². The normalized spacial score (nSPS) is 11.5. The highest BCUT2D eigenvalue weighted by Gasteiger charge is 1.95. The first-order valence-electron chi connectivity index (χ1n) is 4.97. The lowest BCUT2D eigenvalue weighted by Crippen LogP contribution is -2.19. The maximum atomic E-state index is 5.44. The molecule has 0 N–H and O–H groups in total. The molecular formula is C10H23NO. The van der Waals surface area contributed by atoms with Crippen molar-refractivity contribution in [2.45, 2.75) is 39.7 Å². The molecule has 0 atom stereocenters. The van der Waals surface area contributed by atoms with Crippen molar-refractivity contribution < 1.29 is 4.74 Å². The largest absolute Gasteiger partial charge is 0.379 e. The molecule has 0 aliphatic carbocycles. The van der Waals surface area contributed by atoms with Gasteiger partial charge in [0.05, 0.1) is 6.10 Å². The van der Waals surface area contributed by atoms with E-state index >= 15 is 0 Å². The molecule has 0 bridgehead atoms. The van der Waals surface area contributed by atoms with Crippen LogP contribution in [0.4, 0.5) is 0 Å². The standard InChI is InChI=1S/C10H23NO/c1-5-11(4)8-6-7-9-12-10(2)3/h10H,5-9H2,1-4H3. The number of hydrogen-bond donors (Lipinski definition) is 0. The van der Waals surface area contributed by atoms with E-state index in [1.807, 2.05) is 0 Å². The van der Waals surface area contributed by atoms with Crippen molar-refractivity contribution in [3.8, 4) is 0 Å². The van der Waals surface area contributed by atoms with E-state index in [1.54, 1.807) is 0 Å². The molecular weight excluding hydrogens is 150 g/mol. The lowest BCUT2D eigenvalue weighted by Gasteiger charge is -2.13. The van der Waals surface area contributed by atoms with Crippen molar-refractivity contribution in [1.82, 2.24) is 4.90 Å². The van der Waals surface area contributed by atoms with Crippen LogP contribution in [0.2, 0.25) is 0 Å². The van der Waals surface area contributed by atoms with Crippen LogP contribution in [0.1, 0.15) is 33.6 Å². The predicted molar refractivity (Wildman–Crippen MR) is 53.5 cm³/mol. The van der Waals surface area contributed by atoms with Crippen LogP contribution in [-0.4, -0.2) is 37.7 Å². The molecule has 0 aliphatic heterocycles. The van der Waals surface area contributed by atoms with Crippen molar-refractivity contribution in [3.05, 3.63) is 0 Å². The number of rotatable bonds is 7. The Kier molecular flexibility index (Phi) is 7.51. The fraction of sp³-hybridized carbons (Fsp3) is 1.00. The van der Waals surface area contributed by atoms with E-state index in [4.69, 9.17) is 4.74 Å². The molecule has 0 amide bonds. The van der Waals surface area contributed by atoms with Gasteiger partial charge in [0.1, 0.15) is 0 Å². The Morgan fingerprint density at radius 3 is 2.42 bits per heavy atom. The third kappa shape index (κ3) is 8.02. The van der Waals surface area contributed by atoms with Crippen molar-refractivity contribution in [2.75, 3.05) is 26.7 Å². The lowest BCUT2D eigenvalue weighted by molar-refractivity contribution is 0.0747. The molecule has 0 fully saturated rings. The Morgan fingerprint density at radius 1 is 1.25 bits per heavy atom. The van der Waals surface area contributed by atoms with Crippen molar-refractivity contribution in [3.63, 3.8) is 0 Å². The van der Waals surface area contributed by atoms with Gasteiger partial charge in [0.15, 0.2) is 0 Å². The summed E-state index contributed by atoms with van der Waals surface area (Å²) in [6.07, 6.45) is 2.81. The zero-order valence-corrected chi connectivity index (χ0v) is 8.97. The number of hydrogen-bond acceptors (Lipinski definition) is 2. The summed E-state index contributed by atoms with van der Waals surface area (Å²) in [5.41, 5.74) is 0. The zero-order chi connectivity index (χ0) is 9.40. The second-order valence-electron chi connectivity index (χ2n) is 3.52. The Balaban J connectivity index is 3.00. The van der Waals surface area contributed by atoms with E-state index in [-0.39, 0.29) is 0 Å². The summed E-state index contributed by atoms with van der Waals surface area (Å²) in [4.78, 5) is 2.33. The van der Waals surface area contributed by atoms with Crippen LogP contribution in [0.3, 0.4) is 0 Å². The Morgan fingerprint density at radius 2 is 1.92 bits per heavy atom. The van der Waals surface area contributed by atoms with Crippen LogP contribution < -0.4 is 0 Å². The minimum atomic E-state index is 0.383. The average Bonchev–Trinajstić information content (AvgIpc) is 2.03. The summed E-state index contributed by atoms with van der Waals surface area (Å²) in [5.74, 6) is 0. The minimum absolute atomic E-state index is 0.383. The van der Waals surface area contributed by atoms with E-state index in [9.17, 15) is 0 Å². The molecule has 0 saturated heterocycles. The van der Waals surface area contributed by atoms with E-state index in [1.165, 1.54) is 19.4 Å². The molecule has 0 rings (SSSR count). The fourth-order valence-electron chi connectivity index (χ4n) is 0.961. The Hall–Kier alpha value is -0.0800. The Bertz CT molecular complexity index is 93.8. The van der Waals surface area contributed by atoms with Crippen LogP contribution in [0, 0.1) is 0 Å². The highest BCUT2D eigenvalue weighted by molar-refractivity contribution is 4.48. The third-order valence-electron chi connectivity index (χ3n) is 1.93. The van der Waals surface area contributed by atoms with Gasteiger partial charge in [-0.05, 0) is 46.8 Å². The van der Waals surface area contributed by atoms with Crippen LogP contribution >= 0.6 is 0 Å². The van der Waals surface area contributed by atoms with Gasteiger partial charge in [0.25, 0.3) is 0 Å². The van der Waals surface area contributed by atoms with Gasteiger partial charge in [-0.3, -0.25) is 0 Å². The van der Waals surface area contributed by atoms with E-state index < -0.39 is 0 Å². The molecule has 0 unspecified atom stereocenters. The fourth-order valence-corrected chi connectivity index (χ4v) is 0.961. The molecule has 0 aromatic rings. The molecule has 2 heteroatoms. The molecule has 2 nitrogen and oxygen atoms in total. The Labute approximate surface area is 76.9 Å². The second-order valence-corrected chi connectivity index (χ2v) is 3.52. The summed E-state index contributed by atoms with van der Waals surface area (Å²) in [5, 5.41) is 0. The first-order valence-corrected chi connectivity index (χ1v) is 4.97. The van der Waals surface area contributed by atoms with E-state index in [0.717, 1.165) is 13.2 Å². The summed E-state index contributed by atoms with van der Waals surface area (Å²) in [7, 11) is 2.16. The monoisotopic (exact) mass is 173 g/mol. The predicted octanol–water partition coefficient (Wildman–Crippen LogP) is 2.14. The summed E-state index contributed by atoms with van der Waals surface area (Å²) in [6, 6.07) is 0. The maximum Gasteiger partial charge on any atom is 0.0518 e. The van der Waals surface area contributed by atoms with Gasteiger partial charge in [-0.15, -0.1) is 0 Å². The van der Waals surface area contributed by atoms with Crippen molar-refractivity contribution in [1.29, 1.82) is 0 Å². The highest BCUT2D eigenvalue weighted by Crippen LogP contribution is 1.95. The zero-order valence-electron chi connectivity index (χ0n) is 8.97. The van der Waals surface area contributed by atoms with Gasteiger partial charge in [-0.25, -0.2) is 0 Å². The highest BCUT2D eigenvalue weighted by atomic mass is 16.5. The molecule has 0 aliphatic rings. The molecule has 0 aromatic heterocycles. The SMILES string of the molecule is CCN(C)CCCCOC(C)C.